The molecule has 0 fully saturated rings. The Morgan fingerprint density at radius 2 is 1.56 bits per heavy atom. The van der Waals surface area contributed by atoms with Crippen molar-refractivity contribution in [1.82, 2.24) is 0 Å². The van der Waals surface area contributed by atoms with Gasteiger partial charge in [0.15, 0.2) is 0 Å². The highest BCUT2D eigenvalue weighted by molar-refractivity contribution is 9.11. The molecule has 0 heterocycles. The van der Waals surface area contributed by atoms with E-state index in [0.29, 0.717) is 4.83 Å². The number of rotatable bonds is 3. The third-order valence-electron chi connectivity index (χ3n) is 3.03. The second-order valence-corrected chi connectivity index (χ2v) is 6.64. The Bertz CT molecular complexity index is 529. The summed E-state index contributed by atoms with van der Waals surface area (Å²) in [5, 5.41) is 0. The van der Waals surface area contributed by atoms with E-state index in [2.05, 4.69) is 88.2 Å². The van der Waals surface area contributed by atoms with Crippen LogP contribution in [0.5, 0.6) is 0 Å². The highest BCUT2D eigenvalue weighted by atomic mass is 79.9. The molecule has 0 radical (unpaired) electrons. The zero-order valence-corrected chi connectivity index (χ0v) is 13.8. The predicted octanol–water partition coefficient (Wildman–Crippen LogP) is 5.74. The van der Waals surface area contributed by atoms with Crippen LogP contribution in [0.15, 0.2) is 46.9 Å². The van der Waals surface area contributed by atoms with E-state index in [1.807, 2.05) is 0 Å². The lowest BCUT2D eigenvalue weighted by Gasteiger charge is -2.13. The third kappa shape index (κ3) is 3.46. The molecule has 0 aliphatic rings. The normalized spacial score (nSPS) is 12.4. The van der Waals surface area contributed by atoms with Crippen LogP contribution in [0.1, 0.15) is 27.1 Å². The Morgan fingerprint density at radius 3 is 2.17 bits per heavy atom. The molecule has 94 valence electrons. The van der Waals surface area contributed by atoms with Crippen molar-refractivity contribution < 1.29 is 0 Å². The molecule has 0 aromatic heterocycles. The number of aryl methyl sites for hydroxylation is 2. The molecule has 0 amide bonds. The summed E-state index contributed by atoms with van der Waals surface area (Å²) < 4.78 is 1.18. The summed E-state index contributed by atoms with van der Waals surface area (Å²) >= 11 is 7.43. The second-order valence-electron chi connectivity index (χ2n) is 4.68. The Balaban J connectivity index is 2.16. The minimum absolute atomic E-state index is 0.343. The van der Waals surface area contributed by atoms with Crippen LogP contribution in [0.25, 0.3) is 0 Å². The van der Waals surface area contributed by atoms with Crippen LogP contribution in [0.3, 0.4) is 0 Å². The predicted molar refractivity (Wildman–Crippen MR) is 85.4 cm³/mol. The first kappa shape index (κ1) is 13.8. The van der Waals surface area contributed by atoms with Gasteiger partial charge in [-0.05, 0) is 43.0 Å². The molecule has 0 nitrogen and oxygen atoms in total. The highest BCUT2D eigenvalue weighted by Gasteiger charge is 2.11. The molecular weight excluding hydrogens is 352 g/mol. The van der Waals surface area contributed by atoms with Gasteiger partial charge >= 0.3 is 0 Å². The fourth-order valence-corrected chi connectivity index (χ4v) is 3.78. The fourth-order valence-electron chi connectivity index (χ4n) is 1.93. The molecule has 0 saturated carbocycles. The van der Waals surface area contributed by atoms with Crippen molar-refractivity contribution in [2.45, 2.75) is 25.1 Å². The third-order valence-corrected chi connectivity index (χ3v) is 4.53. The molecule has 0 aliphatic carbocycles. The Kier molecular flexibility index (Phi) is 4.63. The van der Waals surface area contributed by atoms with Gasteiger partial charge in [0.2, 0.25) is 0 Å². The van der Waals surface area contributed by atoms with Gasteiger partial charge in [0.25, 0.3) is 0 Å². The van der Waals surface area contributed by atoms with Crippen LogP contribution < -0.4 is 0 Å². The SMILES string of the molecule is Cc1ccc(CC(Br)c2ccc(C)cc2Br)cc1. The maximum absolute atomic E-state index is 3.79. The molecule has 2 rings (SSSR count). The molecule has 18 heavy (non-hydrogen) atoms. The van der Waals surface area contributed by atoms with Gasteiger partial charge in [-0.3, -0.25) is 0 Å². The molecule has 0 bridgehead atoms. The van der Waals surface area contributed by atoms with Crippen LogP contribution >= 0.6 is 31.9 Å². The van der Waals surface area contributed by atoms with Crippen molar-refractivity contribution >= 4 is 31.9 Å². The second kappa shape index (κ2) is 6.03. The number of hydrogen-bond donors (Lipinski definition) is 0. The van der Waals surface area contributed by atoms with Gasteiger partial charge in [0.1, 0.15) is 0 Å². The molecule has 2 heteroatoms. The average molecular weight is 368 g/mol. The number of halogens is 2. The van der Waals surface area contributed by atoms with E-state index < -0.39 is 0 Å². The van der Waals surface area contributed by atoms with Gasteiger partial charge in [-0.1, -0.05) is 73.8 Å². The van der Waals surface area contributed by atoms with Crippen LogP contribution in [-0.2, 0) is 6.42 Å². The maximum atomic E-state index is 3.79. The lowest BCUT2D eigenvalue weighted by Crippen LogP contribution is -1.97. The summed E-state index contributed by atoms with van der Waals surface area (Å²) in [5.41, 5.74) is 5.25. The fraction of sp³-hybridized carbons (Fsp3) is 0.250. The van der Waals surface area contributed by atoms with Crippen molar-refractivity contribution in [3.8, 4) is 0 Å². The zero-order chi connectivity index (χ0) is 13.1. The molecule has 2 aromatic carbocycles. The Hall–Kier alpha value is -0.600. The molecule has 2 aromatic rings. The first-order valence-electron chi connectivity index (χ1n) is 6.02. The van der Waals surface area contributed by atoms with Gasteiger partial charge in [-0.25, -0.2) is 0 Å². The van der Waals surface area contributed by atoms with Gasteiger partial charge in [0, 0.05) is 9.30 Å². The topological polar surface area (TPSA) is 0 Å². The summed E-state index contributed by atoms with van der Waals surface area (Å²) in [6.45, 7) is 4.23. The smallest absolute Gasteiger partial charge is 0.0446 e. The standard InChI is InChI=1S/C16H16Br2/c1-11-3-6-13(7-4-11)10-16(18)14-8-5-12(2)9-15(14)17/h3-9,16H,10H2,1-2H3. The van der Waals surface area contributed by atoms with Gasteiger partial charge in [-0.2, -0.15) is 0 Å². The van der Waals surface area contributed by atoms with Gasteiger partial charge in [-0.15, -0.1) is 0 Å². The van der Waals surface area contributed by atoms with E-state index >= 15 is 0 Å². The molecule has 0 aliphatic heterocycles. The van der Waals surface area contributed by atoms with Crippen LogP contribution in [-0.4, -0.2) is 0 Å². The van der Waals surface area contributed by atoms with E-state index in [4.69, 9.17) is 0 Å². The van der Waals surface area contributed by atoms with E-state index in [0.717, 1.165) is 6.42 Å². The molecule has 0 N–H and O–H groups in total. The largest absolute Gasteiger partial charge is 0.0835 e. The van der Waals surface area contributed by atoms with E-state index in [1.54, 1.807) is 0 Å². The van der Waals surface area contributed by atoms with Crippen molar-refractivity contribution in [1.29, 1.82) is 0 Å². The Labute approximate surface area is 126 Å². The summed E-state index contributed by atoms with van der Waals surface area (Å²) in [6.07, 6.45) is 1.00. The maximum Gasteiger partial charge on any atom is 0.0446 e. The molecule has 0 saturated heterocycles. The first-order chi connectivity index (χ1) is 8.56. The molecular formula is C16H16Br2. The number of hydrogen-bond acceptors (Lipinski definition) is 0. The first-order valence-corrected chi connectivity index (χ1v) is 7.73. The van der Waals surface area contributed by atoms with E-state index in [9.17, 15) is 0 Å². The number of alkyl halides is 1. The zero-order valence-electron chi connectivity index (χ0n) is 10.6. The van der Waals surface area contributed by atoms with Crippen LogP contribution in [0.4, 0.5) is 0 Å². The Morgan fingerprint density at radius 1 is 0.944 bits per heavy atom. The number of benzene rings is 2. The quantitative estimate of drug-likeness (QED) is 0.606. The van der Waals surface area contributed by atoms with Crippen molar-refractivity contribution in [3.63, 3.8) is 0 Å². The van der Waals surface area contributed by atoms with Crippen LogP contribution in [0, 0.1) is 13.8 Å². The molecule has 1 atom stereocenters. The van der Waals surface area contributed by atoms with E-state index in [-0.39, 0.29) is 0 Å². The van der Waals surface area contributed by atoms with E-state index in [1.165, 1.54) is 26.7 Å². The van der Waals surface area contributed by atoms with Crippen LogP contribution in [0.2, 0.25) is 0 Å². The minimum atomic E-state index is 0.343. The van der Waals surface area contributed by atoms with Crippen molar-refractivity contribution in [2.75, 3.05) is 0 Å². The highest BCUT2D eigenvalue weighted by Crippen LogP contribution is 2.33. The molecule has 0 spiro atoms. The lowest BCUT2D eigenvalue weighted by atomic mass is 10.0. The summed E-state index contributed by atoms with van der Waals surface area (Å²) in [4.78, 5) is 0.343. The summed E-state index contributed by atoms with van der Waals surface area (Å²) in [5.74, 6) is 0. The van der Waals surface area contributed by atoms with Crippen molar-refractivity contribution in [2.24, 2.45) is 0 Å². The van der Waals surface area contributed by atoms with Gasteiger partial charge < -0.3 is 0 Å². The summed E-state index contributed by atoms with van der Waals surface area (Å²) in [7, 11) is 0. The molecule has 1 unspecified atom stereocenters. The van der Waals surface area contributed by atoms with Gasteiger partial charge in [0.05, 0.1) is 0 Å². The van der Waals surface area contributed by atoms with Crippen molar-refractivity contribution in [3.05, 3.63) is 69.2 Å². The monoisotopic (exact) mass is 366 g/mol. The summed E-state index contributed by atoms with van der Waals surface area (Å²) in [6, 6.07) is 15.2. The average Bonchev–Trinajstić information content (AvgIpc) is 2.32. The lowest BCUT2D eigenvalue weighted by molar-refractivity contribution is 0.941. The minimum Gasteiger partial charge on any atom is -0.0835 e.